The van der Waals surface area contributed by atoms with Gasteiger partial charge in [-0.1, -0.05) is 11.6 Å². The van der Waals surface area contributed by atoms with Crippen LogP contribution in [-0.4, -0.2) is 20.7 Å². The van der Waals surface area contributed by atoms with Gasteiger partial charge in [-0.25, -0.2) is 4.39 Å². The molecular weight excluding hydrogens is 205 g/mol. The van der Waals surface area contributed by atoms with Crippen molar-refractivity contribution in [3.63, 3.8) is 0 Å². The molecule has 1 aromatic carbocycles. The third kappa shape index (κ3) is 2.59. The first-order chi connectivity index (χ1) is 6.69. The van der Waals surface area contributed by atoms with Gasteiger partial charge in [0.05, 0.1) is 12.1 Å². The van der Waals surface area contributed by atoms with Crippen molar-refractivity contribution in [2.75, 3.05) is 20.7 Å². The summed E-state index contributed by atoms with van der Waals surface area (Å²) in [6.07, 6.45) is 0.617. The van der Waals surface area contributed by atoms with E-state index < -0.39 is 0 Å². The number of benzene rings is 1. The van der Waals surface area contributed by atoms with Crippen molar-refractivity contribution in [2.24, 2.45) is 0 Å². The minimum Gasteiger partial charge on any atom is -0.495 e. The molecule has 0 bridgehead atoms. The number of ether oxygens (including phenoxy) is 1. The Balaban J connectivity index is 2.90. The molecule has 14 heavy (non-hydrogen) atoms. The molecule has 78 valence electrons. The Hall–Kier alpha value is -0.800. The summed E-state index contributed by atoms with van der Waals surface area (Å²) in [7, 11) is 3.29. The SMILES string of the molecule is CNCCc1cc(Cl)c(OC)cc1F. The maximum atomic E-state index is 13.4. The fraction of sp³-hybridized carbons (Fsp3) is 0.400. The van der Waals surface area contributed by atoms with Crippen molar-refractivity contribution < 1.29 is 9.13 Å². The minimum atomic E-state index is -0.276. The van der Waals surface area contributed by atoms with Crippen LogP contribution in [0.25, 0.3) is 0 Å². The fourth-order valence-electron chi connectivity index (χ4n) is 1.18. The van der Waals surface area contributed by atoms with E-state index in [1.807, 2.05) is 7.05 Å². The second-order valence-corrected chi connectivity index (χ2v) is 3.34. The summed E-state index contributed by atoms with van der Waals surface area (Å²) in [6, 6.07) is 2.92. The highest BCUT2D eigenvalue weighted by Crippen LogP contribution is 2.27. The van der Waals surface area contributed by atoms with Gasteiger partial charge in [0.25, 0.3) is 0 Å². The van der Waals surface area contributed by atoms with E-state index in [0.29, 0.717) is 22.8 Å². The smallest absolute Gasteiger partial charge is 0.140 e. The van der Waals surface area contributed by atoms with Gasteiger partial charge < -0.3 is 10.1 Å². The molecule has 0 spiro atoms. The number of nitrogens with one attached hydrogen (secondary N) is 1. The van der Waals surface area contributed by atoms with Gasteiger partial charge in [-0.05, 0) is 31.6 Å². The van der Waals surface area contributed by atoms with Gasteiger partial charge in [0.15, 0.2) is 0 Å². The zero-order valence-corrected chi connectivity index (χ0v) is 8.99. The van der Waals surface area contributed by atoms with Gasteiger partial charge in [0.2, 0.25) is 0 Å². The molecule has 0 unspecified atom stereocenters. The van der Waals surface area contributed by atoms with Gasteiger partial charge in [-0.2, -0.15) is 0 Å². The van der Waals surface area contributed by atoms with Gasteiger partial charge in [-0.15, -0.1) is 0 Å². The van der Waals surface area contributed by atoms with Gasteiger partial charge in [0, 0.05) is 6.07 Å². The largest absolute Gasteiger partial charge is 0.495 e. The molecule has 2 nitrogen and oxygen atoms in total. The van der Waals surface area contributed by atoms with Crippen molar-refractivity contribution in [1.82, 2.24) is 5.32 Å². The van der Waals surface area contributed by atoms with E-state index in [-0.39, 0.29) is 5.82 Å². The average molecular weight is 218 g/mol. The summed E-state index contributed by atoms with van der Waals surface area (Å²) in [5.41, 5.74) is 0.602. The lowest BCUT2D eigenvalue weighted by atomic mass is 10.1. The Labute approximate surface area is 88.0 Å². The second kappa shape index (κ2) is 5.17. The molecule has 0 aliphatic heterocycles. The maximum Gasteiger partial charge on any atom is 0.140 e. The summed E-state index contributed by atoms with van der Waals surface area (Å²) in [6.45, 7) is 0.722. The molecular formula is C10H13ClFNO. The van der Waals surface area contributed by atoms with Crippen molar-refractivity contribution in [3.8, 4) is 5.75 Å². The van der Waals surface area contributed by atoms with E-state index in [2.05, 4.69) is 5.32 Å². The first-order valence-electron chi connectivity index (χ1n) is 4.35. The Bertz CT molecular complexity index is 317. The highest BCUT2D eigenvalue weighted by molar-refractivity contribution is 6.32. The Morgan fingerprint density at radius 3 is 2.79 bits per heavy atom. The Kier molecular flexibility index (Phi) is 4.17. The van der Waals surface area contributed by atoms with Crippen molar-refractivity contribution in [3.05, 3.63) is 28.5 Å². The molecule has 0 amide bonds. The summed E-state index contributed by atoms with van der Waals surface area (Å²) in [5, 5.41) is 3.39. The topological polar surface area (TPSA) is 21.3 Å². The summed E-state index contributed by atoms with van der Waals surface area (Å²) in [5.74, 6) is 0.0962. The molecule has 0 atom stereocenters. The van der Waals surface area contributed by atoms with Gasteiger partial charge >= 0.3 is 0 Å². The minimum absolute atomic E-state index is 0.276. The molecule has 0 heterocycles. The van der Waals surface area contributed by atoms with Crippen LogP contribution >= 0.6 is 11.6 Å². The maximum absolute atomic E-state index is 13.4. The molecule has 4 heteroatoms. The van der Waals surface area contributed by atoms with Crippen LogP contribution in [0.4, 0.5) is 4.39 Å². The normalized spacial score (nSPS) is 10.3. The monoisotopic (exact) mass is 217 g/mol. The third-order valence-corrected chi connectivity index (χ3v) is 2.26. The number of likely N-dealkylation sites (N-methyl/N-ethyl adjacent to an activating group) is 1. The van der Waals surface area contributed by atoms with E-state index in [1.54, 1.807) is 6.07 Å². The van der Waals surface area contributed by atoms with E-state index in [9.17, 15) is 4.39 Å². The van der Waals surface area contributed by atoms with Crippen molar-refractivity contribution >= 4 is 11.6 Å². The van der Waals surface area contributed by atoms with E-state index in [0.717, 1.165) is 6.54 Å². The highest BCUT2D eigenvalue weighted by Gasteiger charge is 2.08. The molecule has 1 N–H and O–H groups in total. The number of hydrogen-bond donors (Lipinski definition) is 1. The average Bonchev–Trinajstić information content (AvgIpc) is 2.18. The molecule has 0 aromatic heterocycles. The van der Waals surface area contributed by atoms with E-state index in [4.69, 9.17) is 16.3 Å². The lowest BCUT2D eigenvalue weighted by Crippen LogP contribution is -2.11. The van der Waals surface area contributed by atoms with E-state index in [1.165, 1.54) is 13.2 Å². The predicted molar refractivity (Wildman–Crippen MR) is 55.6 cm³/mol. The molecule has 1 rings (SSSR count). The van der Waals surface area contributed by atoms with Gasteiger partial charge in [0.1, 0.15) is 11.6 Å². The number of rotatable bonds is 4. The molecule has 0 saturated heterocycles. The van der Waals surface area contributed by atoms with Crippen LogP contribution < -0.4 is 10.1 Å². The van der Waals surface area contributed by atoms with Crippen LogP contribution in [0.5, 0.6) is 5.75 Å². The number of halogens is 2. The predicted octanol–water partition coefficient (Wildman–Crippen LogP) is 2.25. The molecule has 0 fully saturated rings. The molecule has 0 aliphatic rings. The van der Waals surface area contributed by atoms with Gasteiger partial charge in [-0.3, -0.25) is 0 Å². The quantitative estimate of drug-likeness (QED) is 0.836. The number of hydrogen-bond acceptors (Lipinski definition) is 2. The van der Waals surface area contributed by atoms with E-state index >= 15 is 0 Å². The molecule has 0 radical (unpaired) electrons. The number of methoxy groups -OCH3 is 1. The standard InChI is InChI=1S/C10H13ClFNO/c1-13-4-3-7-5-8(11)10(14-2)6-9(7)12/h5-6,13H,3-4H2,1-2H3. The van der Waals surface area contributed by atoms with Crippen molar-refractivity contribution in [1.29, 1.82) is 0 Å². The van der Waals surface area contributed by atoms with Crippen LogP contribution in [0.3, 0.4) is 0 Å². The lowest BCUT2D eigenvalue weighted by Gasteiger charge is -2.07. The summed E-state index contributed by atoms with van der Waals surface area (Å²) < 4.78 is 18.3. The summed E-state index contributed by atoms with van der Waals surface area (Å²) >= 11 is 5.87. The molecule has 1 aromatic rings. The third-order valence-electron chi connectivity index (χ3n) is 1.97. The van der Waals surface area contributed by atoms with Crippen molar-refractivity contribution in [2.45, 2.75) is 6.42 Å². The highest BCUT2D eigenvalue weighted by atomic mass is 35.5. The lowest BCUT2D eigenvalue weighted by molar-refractivity contribution is 0.411. The molecule has 0 aliphatic carbocycles. The Morgan fingerprint density at radius 2 is 2.21 bits per heavy atom. The fourth-order valence-corrected chi connectivity index (χ4v) is 1.44. The van der Waals surface area contributed by atoms with Crippen LogP contribution in [-0.2, 0) is 6.42 Å². The first-order valence-corrected chi connectivity index (χ1v) is 4.73. The van der Waals surface area contributed by atoms with Crippen LogP contribution in [0, 0.1) is 5.82 Å². The summed E-state index contributed by atoms with van der Waals surface area (Å²) in [4.78, 5) is 0. The van der Waals surface area contributed by atoms with Crippen LogP contribution in [0.15, 0.2) is 12.1 Å². The molecule has 0 saturated carbocycles. The Morgan fingerprint density at radius 1 is 1.50 bits per heavy atom. The first kappa shape index (κ1) is 11.3. The zero-order chi connectivity index (χ0) is 10.6. The zero-order valence-electron chi connectivity index (χ0n) is 8.23. The van der Waals surface area contributed by atoms with Crippen LogP contribution in [0.2, 0.25) is 5.02 Å². The van der Waals surface area contributed by atoms with Crippen LogP contribution in [0.1, 0.15) is 5.56 Å². The second-order valence-electron chi connectivity index (χ2n) is 2.93.